The first-order chi connectivity index (χ1) is 6.65. The van der Waals surface area contributed by atoms with Crippen molar-refractivity contribution in [2.75, 3.05) is 20.2 Å². The second-order valence-corrected chi connectivity index (χ2v) is 4.24. The minimum atomic E-state index is 0.0320. The molecular weight excluding hydrogens is 176 g/mol. The summed E-state index contributed by atoms with van der Waals surface area (Å²) in [6.45, 7) is 6.18. The Balaban J connectivity index is 2.47. The molecule has 0 bridgehead atoms. The van der Waals surface area contributed by atoms with Crippen molar-refractivity contribution in [3.8, 4) is 6.07 Å². The smallest absolute Gasteiger partial charge is 0.0975 e. The Labute approximate surface area is 86.6 Å². The lowest BCUT2D eigenvalue weighted by Gasteiger charge is -2.39. The summed E-state index contributed by atoms with van der Waals surface area (Å²) in [5.74, 6) is 0. The van der Waals surface area contributed by atoms with Crippen LogP contribution in [0.1, 0.15) is 33.1 Å². The van der Waals surface area contributed by atoms with Gasteiger partial charge in [0.1, 0.15) is 0 Å². The fraction of sp³-hybridized carbons (Fsp3) is 0.909. The average molecular weight is 196 g/mol. The summed E-state index contributed by atoms with van der Waals surface area (Å²) in [4.78, 5) is 2.26. The lowest BCUT2D eigenvalue weighted by molar-refractivity contribution is -0.0466. The molecule has 1 heterocycles. The van der Waals surface area contributed by atoms with E-state index >= 15 is 0 Å². The number of nitriles is 1. The van der Waals surface area contributed by atoms with Crippen molar-refractivity contribution in [1.82, 2.24) is 4.90 Å². The van der Waals surface area contributed by atoms with Gasteiger partial charge >= 0.3 is 0 Å². The van der Waals surface area contributed by atoms with Gasteiger partial charge in [-0.15, -0.1) is 0 Å². The molecule has 14 heavy (non-hydrogen) atoms. The van der Waals surface area contributed by atoms with Gasteiger partial charge in [0, 0.05) is 20.2 Å². The SMILES string of the molecule is CCC(C#N)N1CCC(C)(OC)CC1. The highest BCUT2D eigenvalue weighted by Gasteiger charge is 2.31. The summed E-state index contributed by atoms with van der Waals surface area (Å²) in [6, 6.07) is 2.45. The van der Waals surface area contributed by atoms with Crippen LogP contribution in [-0.2, 0) is 4.74 Å². The van der Waals surface area contributed by atoms with E-state index in [1.807, 2.05) is 0 Å². The Morgan fingerprint density at radius 2 is 2.07 bits per heavy atom. The van der Waals surface area contributed by atoms with Crippen molar-refractivity contribution >= 4 is 0 Å². The van der Waals surface area contributed by atoms with E-state index in [1.54, 1.807) is 7.11 Å². The van der Waals surface area contributed by atoms with Gasteiger partial charge in [-0.2, -0.15) is 5.26 Å². The normalized spacial score (nSPS) is 24.1. The molecular formula is C11H20N2O. The van der Waals surface area contributed by atoms with Gasteiger partial charge in [0.25, 0.3) is 0 Å². The quantitative estimate of drug-likeness (QED) is 0.690. The number of methoxy groups -OCH3 is 1. The third-order valence-electron chi connectivity index (χ3n) is 3.33. The molecule has 1 atom stereocenters. The fourth-order valence-electron chi connectivity index (χ4n) is 1.94. The zero-order chi connectivity index (χ0) is 10.6. The Kier molecular flexibility index (Phi) is 3.91. The molecule has 0 aromatic carbocycles. The Bertz CT molecular complexity index is 214. The molecule has 0 saturated carbocycles. The van der Waals surface area contributed by atoms with E-state index in [1.165, 1.54) is 0 Å². The average Bonchev–Trinajstić information content (AvgIpc) is 2.23. The van der Waals surface area contributed by atoms with E-state index in [2.05, 4.69) is 24.8 Å². The molecule has 3 heteroatoms. The minimum absolute atomic E-state index is 0.0320. The first kappa shape index (κ1) is 11.5. The Hall–Kier alpha value is -0.590. The van der Waals surface area contributed by atoms with Crippen LogP contribution < -0.4 is 0 Å². The van der Waals surface area contributed by atoms with E-state index in [-0.39, 0.29) is 11.6 Å². The van der Waals surface area contributed by atoms with Crippen LogP contribution in [0.15, 0.2) is 0 Å². The van der Waals surface area contributed by atoms with Crippen molar-refractivity contribution in [3.05, 3.63) is 0 Å². The summed E-state index contributed by atoms with van der Waals surface area (Å²) < 4.78 is 5.46. The maximum Gasteiger partial charge on any atom is 0.0975 e. The van der Waals surface area contributed by atoms with Crippen LogP contribution in [0, 0.1) is 11.3 Å². The number of rotatable bonds is 3. The zero-order valence-electron chi connectivity index (χ0n) is 9.42. The second kappa shape index (κ2) is 4.77. The van der Waals surface area contributed by atoms with E-state index in [0.717, 1.165) is 32.4 Å². The van der Waals surface area contributed by atoms with Crippen LogP contribution in [0.25, 0.3) is 0 Å². The van der Waals surface area contributed by atoms with Crippen LogP contribution >= 0.6 is 0 Å². The van der Waals surface area contributed by atoms with Gasteiger partial charge in [-0.1, -0.05) is 6.92 Å². The topological polar surface area (TPSA) is 36.3 Å². The predicted octanol–water partition coefficient (Wildman–Crippen LogP) is 1.79. The summed E-state index contributed by atoms with van der Waals surface area (Å²) in [5.41, 5.74) is 0.0320. The number of nitrogens with zero attached hydrogens (tertiary/aromatic N) is 2. The van der Waals surface area contributed by atoms with Crippen LogP contribution in [0.4, 0.5) is 0 Å². The summed E-state index contributed by atoms with van der Waals surface area (Å²) in [6.07, 6.45) is 2.98. The molecule has 0 radical (unpaired) electrons. The number of hydrogen-bond acceptors (Lipinski definition) is 3. The van der Waals surface area contributed by atoms with Gasteiger partial charge in [0.05, 0.1) is 17.7 Å². The summed E-state index contributed by atoms with van der Waals surface area (Å²) >= 11 is 0. The van der Waals surface area contributed by atoms with Crippen LogP contribution in [-0.4, -0.2) is 36.7 Å². The molecule has 1 aliphatic heterocycles. The molecule has 3 nitrogen and oxygen atoms in total. The highest BCUT2D eigenvalue weighted by Crippen LogP contribution is 2.26. The Morgan fingerprint density at radius 1 is 1.50 bits per heavy atom. The van der Waals surface area contributed by atoms with Gasteiger partial charge in [0.15, 0.2) is 0 Å². The molecule has 0 spiro atoms. The molecule has 0 amide bonds. The fourth-order valence-corrected chi connectivity index (χ4v) is 1.94. The van der Waals surface area contributed by atoms with Crippen molar-refractivity contribution in [2.45, 2.75) is 44.8 Å². The van der Waals surface area contributed by atoms with Crippen molar-refractivity contribution in [1.29, 1.82) is 5.26 Å². The molecule has 1 rings (SSSR count). The number of piperidine rings is 1. The molecule has 0 aliphatic carbocycles. The number of hydrogen-bond donors (Lipinski definition) is 0. The molecule has 0 N–H and O–H groups in total. The molecule has 1 fully saturated rings. The molecule has 1 unspecified atom stereocenters. The standard InChI is InChI=1S/C11H20N2O/c1-4-10(9-12)13-7-5-11(2,14-3)6-8-13/h10H,4-8H2,1-3H3. The van der Waals surface area contributed by atoms with Gasteiger partial charge in [-0.25, -0.2) is 0 Å². The molecule has 1 aliphatic rings. The van der Waals surface area contributed by atoms with Gasteiger partial charge in [-0.3, -0.25) is 4.90 Å². The highest BCUT2D eigenvalue weighted by atomic mass is 16.5. The third kappa shape index (κ3) is 2.46. The van der Waals surface area contributed by atoms with Crippen LogP contribution in [0.2, 0.25) is 0 Å². The van der Waals surface area contributed by atoms with E-state index in [9.17, 15) is 0 Å². The molecule has 0 aromatic heterocycles. The molecule has 80 valence electrons. The highest BCUT2D eigenvalue weighted by molar-refractivity contribution is 4.94. The first-order valence-corrected chi connectivity index (χ1v) is 5.34. The monoisotopic (exact) mass is 196 g/mol. The van der Waals surface area contributed by atoms with Crippen molar-refractivity contribution < 1.29 is 4.74 Å². The second-order valence-electron chi connectivity index (χ2n) is 4.24. The minimum Gasteiger partial charge on any atom is -0.378 e. The van der Waals surface area contributed by atoms with E-state index in [4.69, 9.17) is 10.00 Å². The van der Waals surface area contributed by atoms with Gasteiger partial charge in [0.2, 0.25) is 0 Å². The molecule has 0 aromatic rings. The Morgan fingerprint density at radius 3 is 2.43 bits per heavy atom. The van der Waals surface area contributed by atoms with Crippen LogP contribution in [0.5, 0.6) is 0 Å². The lowest BCUT2D eigenvalue weighted by atomic mass is 9.92. The van der Waals surface area contributed by atoms with E-state index < -0.39 is 0 Å². The number of ether oxygens (including phenoxy) is 1. The van der Waals surface area contributed by atoms with Gasteiger partial charge in [-0.05, 0) is 26.2 Å². The van der Waals surface area contributed by atoms with Gasteiger partial charge < -0.3 is 4.74 Å². The zero-order valence-corrected chi connectivity index (χ0v) is 9.42. The third-order valence-corrected chi connectivity index (χ3v) is 3.33. The largest absolute Gasteiger partial charge is 0.378 e. The molecule has 1 saturated heterocycles. The maximum absolute atomic E-state index is 8.94. The van der Waals surface area contributed by atoms with Crippen molar-refractivity contribution in [2.24, 2.45) is 0 Å². The first-order valence-electron chi connectivity index (χ1n) is 5.34. The maximum atomic E-state index is 8.94. The predicted molar refractivity (Wildman–Crippen MR) is 55.9 cm³/mol. The van der Waals surface area contributed by atoms with Crippen LogP contribution in [0.3, 0.4) is 0 Å². The summed E-state index contributed by atoms with van der Waals surface area (Å²) in [5, 5.41) is 8.94. The van der Waals surface area contributed by atoms with E-state index in [0.29, 0.717) is 0 Å². The lowest BCUT2D eigenvalue weighted by Crippen LogP contribution is -2.47. The van der Waals surface area contributed by atoms with Crippen molar-refractivity contribution in [3.63, 3.8) is 0 Å². The number of likely N-dealkylation sites (tertiary alicyclic amines) is 1. The summed E-state index contributed by atoms with van der Waals surface area (Å²) in [7, 11) is 1.78.